The van der Waals surface area contributed by atoms with E-state index in [-0.39, 0.29) is 29.8 Å². The first-order valence-electron chi connectivity index (χ1n) is 9.69. The molecule has 0 spiro atoms. The van der Waals surface area contributed by atoms with Crippen LogP contribution in [0.4, 0.5) is 5.95 Å². The first kappa shape index (κ1) is 17.9. The number of aromatic nitrogens is 6. The maximum Gasteiger partial charge on any atom is 0.326 e. The summed E-state index contributed by atoms with van der Waals surface area (Å²) in [7, 11) is 0. The molecule has 3 N–H and O–H groups in total. The number of anilines is 1. The predicted molar refractivity (Wildman–Crippen MR) is 103 cm³/mol. The molecule has 2 fully saturated rings. The summed E-state index contributed by atoms with van der Waals surface area (Å²) in [6.07, 6.45) is 5.48. The third kappa shape index (κ3) is 3.48. The Morgan fingerprint density at radius 3 is 2.66 bits per heavy atom. The second-order valence-electron chi connectivity index (χ2n) is 7.67. The summed E-state index contributed by atoms with van der Waals surface area (Å²) in [5.74, 6) is 0.336. The number of nitrogens with zero attached hydrogens (tertiary/aromatic N) is 6. The predicted octanol–water partition coefficient (Wildman–Crippen LogP) is -0.929. The van der Waals surface area contributed by atoms with Crippen molar-refractivity contribution in [2.45, 2.75) is 44.9 Å². The third-order valence-electron chi connectivity index (χ3n) is 4.95. The lowest BCUT2D eigenvalue weighted by Gasteiger charge is -2.35. The Morgan fingerprint density at radius 1 is 1.24 bits per heavy atom. The van der Waals surface area contributed by atoms with Crippen LogP contribution in [0.3, 0.4) is 0 Å². The Hall–Kier alpha value is -3.21. The Labute approximate surface area is 164 Å². The van der Waals surface area contributed by atoms with Crippen LogP contribution >= 0.6 is 0 Å². The van der Waals surface area contributed by atoms with E-state index in [1.165, 1.54) is 0 Å². The fraction of sp³-hybridized carbons (Fsp3) is 0.500. The van der Waals surface area contributed by atoms with Crippen LogP contribution < -0.4 is 21.4 Å². The van der Waals surface area contributed by atoms with Gasteiger partial charge >= 0.3 is 5.69 Å². The number of rotatable bonds is 3. The molecule has 0 radical (unpaired) electrons. The van der Waals surface area contributed by atoms with Gasteiger partial charge in [-0.15, -0.1) is 0 Å². The molecule has 3 aromatic rings. The van der Waals surface area contributed by atoms with Crippen LogP contribution in [0.1, 0.15) is 32.4 Å². The van der Waals surface area contributed by atoms with Crippen LogP contribution in [0.25, 0.3) is 11.7 Å². The quantitative estimate of drug-likeness (QED) is 0.518. The van der Waals surface area contributed by atoms with Crippen LogP contribution in [-0.4, -0.2) is 66.0 Å². The second kappa shape index (κ2) is 6.69. The lowest BCUT2D eigenvalue weighted by Crippen LogP contribution is -2.47. The van der Waals surface area contributed by atoms with E-state index in [1.54, 1.807) is 16.8 Å². The normalized spacial score (nSPS) is 24.0. The highest BCUT2D eigenvalue weighted by molar-refractivity contribution is 5.57. The van der Waals surface area contributed by atoms with Gasteiger partial charge < -0.3 is 19.7 Å². The van der Waals surface area contributed by atoms with Crippen molar-refractivity contribution >= 4 is 17.7 Å². The smallest absolute Gasteiger partial charge is 0.326 e. The van der Waals surface area contributed by atoms with Crippen LogP contribution in [0.15, 0.2) is 16.0 Å². The highest BCUT2D eigenvalue weighted by atomic mass is 16.5. The van der Waals surface area contributed by atoms with Crippen LogP contribution in [0.2, 0.25) is 0 Å². The molecule has 0 unspecified atom stereocenters. The first-order valence-corrected chi connectivity index (χ1v) is 9.69. The number of fused-ring (bicyclic) bond motifs is 1. The maximum absolute atomic E-state index is 11.4. The van der Waals surface area contributed by atoms with Gasteiger partial charge in [0.1, 0.15) is 5.69 Å². The summed E-state index contributed by atoms with van der Waals surface area (Å²) in [5, 5.41) is 14.9. The molecule has 29 heavy (non-hydrogen) atoms. The van der Waals surface area contributed by atoms with Crippen molar-refractivity contribution < 1.29 is 9.84 Å². The minimum atomic E-state index is -0.485. The molecule has 1 saturated heterocycles. The number of aromatic hydroxyl groups is 1. The molecule has 4 heterocycles. The van der Waals surface area contributed by atoms with E-state index in [4.69, 9.17) is 14.7 Å². The Kier molecular flexibility index (Phi) is 4.12. The largest absolute Gasteiger partial charge is 0.493 e. The number of imidazole rings is 1. The number of aromatic amines is 2. The van der Waals surface area contributed by atoms with Gasteiger partial charge in [-0.3, -0.25) is 4.98 Å². The molecule has 1 aliphatic carbocycles. The molecule has 11 heteroatoms. The zero-order valence-corrected chi connectivity index (χ0v) is 16.2. The van der Waals surface area contributed by atoms with Gasteiger partial charge in [0.05, 0.1) is 24.4 Å². The van der Waals surface area contributed by atoms with Crippen molar-refractivity contribution in [2.24, 2.45) is 4.99 Å². The van der Waals surface area contributed by atoms with E-state index in [1.807, 2.05) is 13.8 Å². The molecule has 0 amide bonds. The lowest BCUT2D eigenvalue weighted by atomic mass is 10.2. The van der Waals surface area contributed by atoms with Crippen molar-refractivity contribution in [1.29, 1.82) is 0 Å². The summed E-state index contributed by atoms with van der Waals surface area (Å²) in [6.45, 7) is 5.42. The van der Waals surface area contributed by atoms with Gasteiger partial charge in [0.15, 0.2) is 5.65 Å². The van der Waals surface area contributed by atoms with E-state index in [0.29, 0.717) is 35.5 Å². The second-order valence-corrected chi connectivity index (χ2v) is 7.67. The summed E-state index contributed by atoms with van der Waals surface area (Å²) in [4.78, 5) is 32.5. The van der Waals surface area contributed by atoms with E-state index >= 15 is 0 Å². The number of hydrogen-bond acceptors (Lipinski definition) is 8. The fourth-order valence-electron chi connectivity index (χ4n) is 3.55. The number of morpholine rings is 1. The van der Waals surface area contributed by atoms with E-state index in [9.17, 15) is 9.90 Å². The van der Waals surface area contributed by atoms with E-state index in [2.05, 4.69) is 25.0 Å². The summed E-state index contributed by atoms with van der Waals surface area (Å²) >= 11 is 0. The zero-order valence-electron chi connectivity index (χ0n) is 16.2. The average Bonchev–Trinajstić information content (AvgIpc) is 3.29. The Balaban J connectivity index is 1.69. The van der Waals surface area contributed by atoms with E-state index < -0.39 is 5.69 Å². The first-order chi connectivity index (χ1) is 14.0. The van der Waals surface area contributed by atoms with Gasteiger partial charge in [-0.05, 0) is 32.8 Å². The topological polar surface area (TPSA) is 137 Å². The molecule has 11 nitrogen and oxygen atoms in total. The van der Waals surface area contributed by atoms with Crippen molar-refractivity contribution in [3.05, 3.63) is 33.2 Å². The summed E-state index contributed by atoms with van der Waals surface area (Å²) in [5.41, 5.74) is 0.842. The highest BCUT2D eigenvalue weighted by Crippen LogP contribution is 2.22. The van der Waals surface area contributed by atoms with Crippen molar-refractivity contribution in [2.75, 3.05) is 18.0 Å². The van der Waals surface area contributed by atoms with Crippen molar-refractivity contribution in [3.63, 3.8) is 0 Å². The van der Waals surface area contributed by atoms with Gasteiger partial charge in [-0.25, -0.2) is 9.79 Å². The molecule has 2 atom stereocenters. The highest BCUT2D eigenvalue weighted by Gasteiger charge is 2.26. The van der Waals surface area contributed by atoms with Crippen molar-refractivity contribution in [1.82, 2.24) is 29.5 Å². The molecule has 5 rings (SSSR count). The average molecular weight is 398 g/mol. The molecule has 1 saturated carbocycles. The molecule has 0 aromatic carbocycles. The molecule has 1 aliphatic heterocycles. The molecule has 0 bridgehead atoms. The van der Waals surface area contributed by atoms with Crippen LogP contribution in [0, 0.1) is 0 Å². The molecular weight excluding hydrogens is 376 g/mol. The number of ether oxygens (including phenoxy) is 1. The monoisotopic (exact) mass is 398 g/mol. The van der Waals surface area contributed by atoms with Gasteiger partial charge in [0.25, 0.3) is 5.62 Å². The number of nitrogens with one attached hydrogen (secondary N) is 2. The van der Waals surface area contributed by atoms with Gasteiger partial charge in [-0.2, -0.15) is 19.6 Å². The van der Waals surface area contributed by atoms with Crippen LogP contribution in [0.5, 0.6) is 5.88 Å². The molecule has 2 aliphatic rings. The molecule has 3 aromatic heterocycles. The minimum Gasteiger partial charge on any atom is -0.493 e. The summed E-state index contributed by atoms with van der Waals surface area (Å²) < 4.78 is 7.42. The van der Waals surface area contributed by atoms with Crippen LogP contribution in [-0.2, 0) is 4.74 Å². The Bertz CT molecular complexity index is 1230. The maximum atomic E-state index is 11.4. The van der Waals surface area contributed by atoms with E-state index in [0.717, 1.165) is 12.8 Å². The molecular formula is C18H22N8O3. The van der Waals surface area contributed by atoms with Gasteiger partial charge in [-0.1, -0.05) is 0 Å². The van der Waals surface area contributed by atoms with Gasteiger partial charge in [0, 0.05) is 18.3 Å². The lowest BCUT2D eigenvalue weighted by molar-refractivity contribution is -0.00574. The summed E-state index contributed by atoms with van der Waals surface area (Å²) in [6, 6.07) is 0.269. The number of hydrogen-bond donors (Lipinski definition) is 3. The SMILES string of the molecule is C[C@@H]1CN(c2nc(=NC3CC3)n3nc/c(=C\c4[nH]c(=O)[nH]c4O)c3n2)C[C@H](C)O1. The standard InChI is InChI=1S/C18H22N8O3/c1-9-7-25(8-10(2)29-9)16-22-14-11(5-13-15(27)23-18(28)21-13)6-19-26(14)17(24-16)20-12-3-4-12/h5-6,9-10,12,27H,3-4,7-8H2,1-2H3,(H2,21,23,28)/b11-5+,20-17?/t9-,10+. The minimum absolute atomic E-state index is 0.0696. The third-order valence-corrected chi connectivity index (χ3v) is 4.95. The molecule has 152 valence electrons. The fourth-order valence-corrected chi connectivity index (χ4v) is 3.55. The van der Waals surface area contributed by atoms with Crippen molar-refractivity contribution in [3.8, 4) is 5.88 Å². The number of H-pyrrole nitrogens is 2. The Morgan fingerprint density at radius 2 is 2.00 bits per heavy atom. The van der Waals surface area contributed by atoms with Gasteiger partial charge in [0.2, 0.25) is 11.8 Å². The zero-order chi connectivity index (χ0) is 20.1.